The zero-order valence-corrected chi connectivity index (χ0v) is 12.9. The topological polar surface area (TPSA) is 49.9 Å². The van der Waals surface area contributed by atoms with Gasteiger partial charge in [-0.25, -0.2) is 0 Å². The number of H-pyrrole nitrogens is 1. The second kappa shape index (κ2) is 8.17. The number of hydrogen-bond donors (Lipinski definition) is 2. The van der Waals surface area contributed by atoms with Crippen molar-refractivity contribution < 1.29 is 4.74 Å². The number of aromatic nitrogens is 2. The Morgan fingerprint density at radius 2 is 2.14 bits per heavy atom. The van der Waals surface area contributed by atoms with Crippen LogP contribution in [0.5, 0.6) is 0 Å². The summed E-state index contributed by atoms with van der Waals surface area (Å²) in [4.78, 5) is 0. The normalized spacial score (nSPS) is 17.6. The van der Waals surface area contributed by atoms with Crippen LogP contribution in [0.25, 0.3) is 11.3 Å². The van der Waals surface area contributed by atoms with Gasteiger partial charge in [-0.3, -0.25) is 5.10 Å². The van der Waals surface area contributed by atoms with Gasteiger partial charge in [0.25, 0.3) is 0 Å². The molecule has 1 unspecified atom stereocenters. The Hall–Kier alpha value is -1.36. The van der Waals surface area contributed by atoms with Crippen LogP contribution >= 0.6 is 12.4 Å². The summed E-state index contributed by atoms with van der Waals surface area (Å²) in [5.41, 5.74) is 3.50. The van der Waals surface area contributed by atoms with Gasteiger partial charge in [-0.1, -0.05) is 30.3 Å². The molecule has 2 N–H and O–H groups in total. The molecule has 1 aliphatic heterocycles. The quantitative estimate of drug-likeness (QED) is 0.806. The maximum atomic E-state index is 5.62. The molecule has 0 aliphatic carbocycles. The summed E-state index contributed by atoms with van der Waals surface area (Å²) in [5, 5.41) is 10.7. The largest absolute Gasteiger partial charge is 0.378 e. The molecule has 114 valence electrons. The van der Waals surface area contributed by atoms with E-state index in [1.807, 2.05) is 24.4 Å². The van der Waals surface area contributed by atoms with E-state index in [4.69, 9.17) is 4.74 Å². The molecule has 1 atom stereocenters. The molecule has 4 nitrogen and oxygen atoms in total. The van der Waals surface area contributed by atoms with Gasteiger partial charge in [-0.15, -0.1) is 12.4 Å². The lowest BCUT2D eigenvalue weighted by atomic mass is 10.1. The molecule has 0 spiro atoms. The van der Waals surface area contributed by atoms with Gasteiger partial charge in [-0.2, -0.15) is 5.10 Å². The first-order chi connectivity index (χ1) is 9.93. The Morgan fingerprint density at radius 3 is 2.90 bits per heavy atom. The average molecular weight is 308 g/mol. The number of nitrogens with one attached hydrogen (secondary N) is 2. The van der Waals surface area contributed by atoms with E-state index in [-0.39, 0.29) is 12.4 Å². The van der Waals surface area contributed by atoms with Gasteiger partial charge in [0.15, 0.2) is 0 Å². The molecule has 3 rings (SSSR count). The van der Waals surface area contributed by atoms with Crippen molar-refractivity contribution in [3.8, 4) is 11.3 Å². The van der Waals surface area contributed by atoms with Gasteiger partial charge in [0.1, 0.15) is 0 Å². The minimum absolute atomic E-state index is 0. The van der Waals surface area contributed by atoms with E-state index < -0.39 is 0 Å². The number of nitrogens with zero attached hydrogens (tertiary/aromatic N) is 1. The minimum atomic E-state index is 0. The van der Waals surface area contributed by atoms with E-state index in [1.165, 1.54) is 24.0 Å². The Labute approximate surface area is 131 Å². The fourth-order valence-electron chi connectivity index (χ4n) is 2.66. The zero-order chi connectivity index (χ0) is 13.6. The van der Waals surface area contributed by atoms with Crippen molar-refractivity contribution >= 4 is 12.4 Å². The van der Waals surface area contributed by atoms with E-state index in [1.54, 1.807) is 0 Å². The van der Waals surface area contributed by atoms with Crippen molar-refractivity contribution in [1.29, 1.82) is 0 Å². The standard InChI is InChI=1S/C16H21N3O.ClH/c1-2-5-13(6-3-1)16-14(12-18-19-16)11-17-9-8-15-7-4-10-20-15;/h1-3,5-6,12,15,17H,4,7-11H2,(H,18,19);1H. The molecule has 1 aromatic heterocycles. The van der Waals surface area contributed by atoms with Gasteiger partial charge in [0.2, 0.25) is 0 Å². The third-order valence-electron chi connectivity index (χ3n) is 3.76. The summed E-state index contributed by atoms with van der Waals surface area (Å²) in [6.07, 6.45) is 5.88. The van der Waals surface area contributed by atoms with Gasteiger partial charge >= 0.3 is 0 Å². The lowest BCUT2D eigenvalue weighted by molar-refractivity contribution is 0.104. The first-order valence-corrected chi connectivity index (χ1v) is 7.33. The summed E-state index contributed by atoms with van der Waals surface area (Å²) in [7, 11) is 0. The zero-order valence-electron chi connectivity index (χ0n) is 12.0. The molecule has 2 aromatic rings. The summed E-state index contributed by atoms with van der Waals surface area (Å²) in [5.74, 6) is 0. The van der Waals surface area contributed by atoms with Gasteiger partial charge in [0.05, 0.1) is 18.0 Å². The smallest absolute Gasteiger partial charge is 0.0695 e. The number of halogens is 1. The first kappa shape index (κ1) is 16.0. The molecule has 0 bridgehead atoms. The number of rotatable bonds is 6. The highest BCUT2D eigenvalue weighted by atomic mass is 35.5. The molecule has 0 amide bonds. The van der Waals surface area contributed by atoms with Crippen molar-refractivity contribution in [3.63, 3.8) is 0 Å². The second-order valence-corrected chi connectivity index (χ2v) is 5.24. The number of benzene rings is 1. The van der Waals surface area contributed by atoms with E-state index in [9.17, 15) is 0 Å². The van der Waals surface area contributed by atoms with Crippen LogP contribution < -0.4 is 5.32 Å². The molecule has 0 saturated carbocycles. The number of ether oxygens (including phenoxy) is 1. The number of aromatic amines is 1. The minimum Gasteiger partial charge on any atom is -0.378 e. The molecular weight excluding hydrogens is 286 g/mol. The summed E-state index contributed by atoms with van der Waals surface area (Å²) in [6.45, 7) is 2.77. The Balaban J connectivity index is 0.00000161. The molecule has 21 heavy (non-hydrogen) atoms. The molecule has 5 heteroatoms. The average Bonchev–Trinajstić information content (AvgIpc) is 3.16. The fourth-order valence-corrected chi connectivity index (χ4v) is 2.66. The third kappa shape index (κ3) is 4.30. The lowest BCUT2D eigenvalue weighted by Gasteiger charge is -2.10. The van der Waals surface area contributed by atoms with Crippen LogP contribution in [0.2, 0.25) is 0 Å². The van der Waals surface area contributed by atoms with E-state index >= 15 is 0 Å². The van der Waals surface area contributed by atoms with E-state index in [2.05, 4.69) is 27.6 Å². The van der Waals surface area contributed by atoms with Gasteiger partial charge in [-0.05, 0) is 31.4 Å². The van der Waals surface area contributed by atoms with E-state index in [0.29, 0.717) is 6.10 Å². The lowest BCUT2D eigenvalue weighted by Crippen LogP contribution is -2.19. The third-order valence-corrected chi connectivity index (χ3v) is 3.76. The van der Waals surface area contributed by atoms with Crippen LogP contribution in [0.1, 0.15) is 24.8 Å². The van der Waals surface area contributed by atoms with Crippen LogP contribution in [0.15, 0.2) is 36.5 Å². The predicted octanol–water partition coefficient (Wildman–Crippen LogP) is 3.16. The van der Waals surface area contributed by atoms with Crippen molar-refractivity contribution in [3.05, 3.63) is 42.1 Å². The number of hydrogen-bond acceptors (Lipinski definition) is 3. The van der Waals surface area contributed by atoms with Crippen LogP contribution in [-0.2, 0) is 11.3 Å². The Bertz CT molecular complexity index is 523. The molecule has 2 heterocycles. The van der Waals surface area contributed by atoms with Crippen LogP contribution in [0.4, 0.5) is 0 Å². The monoisotopic (exact) mass is 307 g/mol. The molecule has 1 aliphatic rings. The summed E-state index contributed by atoms with van der Waals surface area (Å²) >= 11 is 0. The molecular formula is C16H22ClN3O. The Kier molecular flexibility index (Phi) is 6.23. The van der Waals surface area contributed by atoms with E-state index in [0.717, 1.165) is 31.8 Å². The highest BCUT2D eigenvalue weighted by molar-refractivity contribution is 5.85. The van der Waals surface area contributed by atoms with Crippen molar-refractivity contribution in [2.24, 2.45) is 0 Å². The molecule has 0 radical (unpaired) electrons. The first-order valence-electron chi connectivity index (χ1n) is 7.33. The summed E-state index contributed by atoms with van der Waals surface area (Å²) < 4.78 is 5.62. The Morgan fingerprint density at radius 1 is 1.29 bits per heavy atom. The maximum absolute atomic E-state index is 5.62. The van der Waals surface area contributed by atoms with Crippen LogP contribution in [0, 0.1) is 0 Å². The SMILES string of the molecule is Cl.c1ccc(-c2[nH]ncc2CNCCC2CCCO2)cc1. The fraction of sp³-hybridized carbons (Fsp3) is 0.438. The molecule has 1 aromatic carbocycles. The van der Waals surface area contributed by atoms with Crippen molar-refractivity contribution in [2.45, 2.75) is 31.9 Å². The highest BCUT2D eigenvalue weighted by Crippen LogP contribution is 2.20. The van der Waals surface area contributed by atoms with Crippen LogP contribution in [-0.4, -0.2) is 29.5 Å². The molecule has 1 fully saturated rings. The summed E-state index contributed by atoms with van der Waals surface area (Å²) in [6, 6.07) is 10.3. The molecule has 1 saturated heterocycles. The van der Waals surface area contributed by atoms with Crippen LogP contribution in [0.3, 0.4) is 0 Å². The van der Waals surface area contributed by atoms with Crippen molar-refractivity contribution in [2.75, 3.05) is 13.2 Å². The van der Waals surface area contributed by atoms with Gasteiger partial charge in [0, 0.05) is 18.7 Å². The predicted molar refractivity (Wildman–Crippen MR) is 86.6 cm³/mol. The van der Waals surface area contributed by atoms with Gasteiger partial charge < -0.3 is 10.1 Å². The van der Waals surface area contributed by atoms with Crippen molar-refractivity contribution in [1.82, 2.24) is 15.5 Å². The highest BCUT2D eigenvalue weighted by Gasteiger charge is 2.14. The maximum Gasteiger partial charge on any atom is 0.0695 e. The second-order valence-electron chi connectivity index (χ2n) is 5.24.